The first kappa shape index (κ1) is 26.4. The van der Waals surface area contributed by atoms with Crippen molar-refractivity contribution < 1.29 is 14.6 Å². The Hall–Kier alpha value is -3.67. The Balaban J connectivity index is 1.77. The summed E-state index contributed by atoms with van der Waals surface area (Å²) in [7, 11) is 1.64. The number of aliphatic hydroxyl groups is 1. The fourth-order valence-electron chi connectivity index (χ4n) is 4.80. The number of aromatic nitrogens is 1. The maximum absolute atomic E-state index is 12.8. The van der Waals surface area contributed by atoms with Gasteiger partial charge in [-0.1, -0.05) is 74.5 Å². The monoisotopic (exact) mass is 496 g/mol. The van der Waals surface area contributed by atoms with Gasteiger partial charge in [0.1, 0.15) is 23.7 Å². The molecule has 0 unspecified atom stereocenters. The molecule has 1 aromatic heterocycles. The van der Waals surface area contributed by atoms with Crippen molar-refractivity contribution in [3.8, 4) is 11.5 Å². The summed E-state index contributed by atoms with van der Waals surface area (Å²) in [5.41, 5.74) is 1.86. The molecule has 0 aliphatic rings. The second kappa shape index (κ2) is 12.5. The first-order chi connectivity index (χ1) is 18.1. The highest BCUT2D eigenvalue weighted by Gasteiger charge is 2.43. The van der Waals surface area contributed by atoms with Crippen molar-refractivity contribution >= 4 is 0 Å². The third-order valence-corrected chi connectivity index (χ3v) is 6.93. The number of ether oxygens (including phenoxy) is 2. The molecule has 0 fully saturated rings. The van der Waals surface area contributed by atoms with Crippen LogP contribution in [0.2, 0.25) is 0 Å². The summed E-state index contributed by atoms with van der Waals surface area (Å²) in [6, 6.07) is 31.3. The van der Waals surface area contributed by atoms with E-state index in [1.807, 2.05) is 97.1 Å². The minimum atomic E-state index is -1.40. The van der Waals surface area contributed by atoms with E-state index in [1.165, 1.54) is 0 Å². The molecule has 4 rings (SSSR count). The van der Waals surface area contributed by atoms with Crippen LogP contribution in [0.4, 0.5) is 0 Å². The molecule has 0 aliphatic carbocycles. The van der Waals surface area contributed by atoms with E-state index in [2.05, 4.69) is 23.7 Å². The molecule has 1 heterocycles. The maximum Gasteiger partial charge on any atom is 0.127 e. The van der Waals surface area contributed by atoms with Crippen LogP contribution in [0.1, 0.15) is 42.1 Å². The second-order valence-electron chi connectivity index (χ2n) is 8.99. The van der Waals surface area contributed by atoms with Gasteiger partial charge in [-0.15, -0.1) is 0 Å². The number of pyridine rings is 1. The highest BCUT2D eigenvalue weighted by atomic mass is 16.5. The molecule has 5 nitrogen and oxygen atoms in total. The molecule has 3 aromatic carbocycles. The Labute approximate surface area is 220 Å². The highest BCUT2D eigenvalue weighted by molar-refractivity contribution is 5.48. The topological polar surface area (TPSA) is 54.8 Å². The van der Waals surface area contributed by atoms with Gasteiger partial charge in [0.15, 0.2) is 0 Å². The van der Waals surface area contributed by atoms with Crippen LogP contribution in [-0.2, 0) is 5.60 Å². The zero-order valence-electron chi connectivity index (χ0n) is 21.9. The fraction of sp³-hybridized carbons (Fsp3) is 0.281. The lowest BCUT2D eigenvalue weighted by Gasteiger charge is -2.37. The van der Waals surface area contributed by atoms with Gasteiger partial charge in [0.2, 0.25) is 0 Å². The molecule has 1 N–H and O–H groups in total. The third-order valence-electron chi connectivity index (χ3n) is 6.93. The third kappa shape index (κ3) is 6.01. The van der Waals surface area contributed by atoms with Crippen LogP contribution >= 0.6 is 0 Å². The largest absolute Gasteiger partial charge is 0.497 e. The number of hydrogen-bond acceptors (Lipinski definition) is 5. The average Bonchev–Trinajstić information content (AvgIpc) is 2.97. The molecule has 0 bridgehead atoms. The lowest BCUT2D eigenvalue weighted by molar-refractivity contribution is 0.0611. The van der Waals surface area contributed by atoms with Crippen molar-refractivity contribution in [2.75, 3.05) is 33.4 Å². The molecule has 0 radical (unpaired) electrons. The van der Waals surface area contributed by atoms with Crippen molar-refractivity contribution in [1.29, 1.82) is 0 Å². The highest BCUT2D eigenvalue weighted by Crippen LogP contribution is 2.46. The van der Waals surface area contributed by atoms with Crippen molar-refractivity contribution in [2.45, 2.75) is 25.4 Å². The Morgan fingerprint density at radius 1 is 0.784 bits per heavy atom. The van der Waals surface area contributed by atoms with Gasteiger partial charge in [0, 0.05) is 12.7 Å². The molecule has 5 heteroatoms. The van der Waals surface area contributed by atoms with Crippen LogP contribution in [0, 0.1) is 0 Å². The molecule has 2 atom stereocenters. The molecule has 0 saturated carbocycles. The summed E-state index contributed by atoms with van der Waals surface area (Å²) < 4.78 is 11.4. The zero-order chi connectivity index (χ0) is 26.1. The number of hydrogen-bond donors (Lipinski definition) is 1. The van der Waals surface area contributed by atoms with E-state index < -0.39 is 11.5 Å². The Kier molecular flexibility index (Phi) is 8.94. The standard InChI is InChI=1S/C32H36N2O3/c1-4-34(5-2)23-24-37-29-20-16-27(17-21-29)32(35,26-14-18-28(36-3)19-15-26)31(25-11-7-6-8-12-25)30-13-9-10-22-33-30/h6-22,31,35H,4-5,23-24H2,1-3H3/t31-,32+/m1/s1. The lowest BCUT2D eigenvalue weighted by Crippen LogP contribution is -2.36. The average molecular weight is 497 g/mol. The molecule has 0 amide bonds. The van der Waals surface area contributed by atoms with Crippen LogP contribution in [0.5, 0.6) is 11.5 Å². The van der Waals surface area contributed by atoms with Gasteiger partial charge in [0.05, 0.1) is 18.7 Å². The fourth-order valence-corrected chi connectivity index (χ4v) is 4.80. The number of benzene rings is 3. The quantitative estimate of drug-likeness (QED) is 0.266. The van der Waals surface area contributed by atoms with E-state index in [0.29, 0.717) is 6.61 Å². The van der Waals surface area contributed by atoms with Gasteiger partial charge in [-0.25, -0.2) is 0 Å². The Morgan fingerprint density at radius 2 is 1.38 bits per heavy atom. The Bertz CT molecular complexity index is 1170. The molecule has 0 saturated heterocycles. The van der Waals surface area contributed by atoms with Gasteiger partial charge in [-0.2, -0.15) is 0 Å². The van der Waals surface area contributed by atoms with E-state index in [9.17, 15) is 5.11 Å². The molecule has 37 heavy (non-hydrogen) atoms. The zero-order valence-corrected chi connectivity index (χ0v) is 21.9. The van der Waals surface area contributed by atoms with E-state index in [0.717, 1.165) is 53.5 Å². The number of rotatable bonds is 12. The summed E-state index contributed by atoms with van der Waals surface area (Å²) in [5.74, 6) is 1.07. The summed E-state index contributed by atoms with van der Waals surface area (Å²) in [4.78, 5) is 7.01. The molecule has 4 aromatic rings. The first-order valence-electron chi connectivity index (χ1n) is 12.9. The van der Waals surface area contributed by atoms with Gasteiger partial charge < -0.3 is 19.5 Å². The summed E-state index contributed by atoms with van der Waals surface area (Å²) >= 11 is 0. The molecular formula is C32H36N2O3. The molecule has 0 aliphatic heterocycles. The van der Waals surface area contributed by atoms with E-state index >= 15 is 0 Å². The first-order valence-corrected chi connectivity index (χ1v) is 12.9. The minimum absolute atomic E-state index is 0.447. The normalized spacial score (nSPS) is 13.6. The van der Waals surface area contributed by atoms with Crippen molar-refractivity contribution in [1.82, 2.24) is 9.88 Å². The van der Waals surface area contributed by atoms with E-state index in [4.69, 9.17) is 9.47 Å². The van der Waals surface area contributed by atoms with E-state index in [-0.39, 0.29) is 0 Å². The summed E-state index contributed by atoms with van der Waals surface area (Å²) in [5, 5.41) is 12.8. The smallest absolute Gasteiger partial charge is 0.127 e. The molecule has 192 valence electrons. The number of methoxy groups -OCH3 is 1. The van der Waals surface area contributed by atoms with Crippen molar-refractivity contribution in [2.24, 2.45) is 0 Å². The van der Waals surface area contributed by atoms with E-state index in [1.54, 1.807) is 13.3 Å². The van der Waals surface area contributed by atoms with Crippen molar-refractivity contribution in [3.05, 3.63) is 126 Å². The molecular weight excluding hydrogens is 460 g/mol. The lowest BCUT2D eigenvalue weighted by atomic mass is 9.71. The maximum atomic E-state index is 12.8. The van der Waals surface area contributed by atoms with Crippen LogP contribution < -0.4 is 9.47 Å². The predicted molar refractivity (Wildman–Crippen MR) is 148 cm³/mol. The van der Waals surface area contributed by atoms with Crippen LogP contribution in [0.15, 0.2) is 103 Å². The Morgan fingerprint density at radius 3 is 1.92 bits per heavy atom. The van der Waals surface area contributed by atoms with Crippen LogP contribution in [0.25, 0.3) is 0 Å². The molecule has 0 spiro atoms. The summed E-state index contributed by atoms with van der Waals surface area (Å²) in [6.45, 7) is 7.81. The summed E-state index contributed by atoms with van der Waals surface area (Å²) in [6.07, 6.45) is 1.77. The second-order valence-corrected chi connectivity index (χ2v) is 8.99. The predicted octanol–water partition coefficient (Wildman–Crippen LogP) is 5.88. The van der Waals surface area contributed by atoms with Gasteiger partial charge in [-0.3, -0.25) is 4.98 Å². The van der Waals surface area contributed by atoms with Gasteiger partial charge in [-0.05, 0) is 66.2 Å². The SMILES string of the molecule is CCN(CC)CCOc1ccc([C@@](O)(c2ccc(OC)cc2)[C@H](c2ccccc2)c2ccccn2)cc1. The number of likely N-dealkylation sites (N-methyl/N-ethyl adjacent to an activating group) is 1. The van der Waals surface area contributed by atoms with Gasteiger partial charge >= 0.3 is 0 Å². The minimum Gasteiger partial charge on any atom is -0.497 e. The van der Waals surface area contributed by atoms with Gasteiger partial charge in [0.25, 0.3) is 0 Å². The van der Waals surface area contributed by atoms with Crippen molar-refractivity contribution in [3.63, 3.8) is 0 Å². The van der Waals surface area contributed by atoms with Crippen LogP contribution in [0.3, 0.4) is 0 Å². The van der Waals surface area contributed by atoms with Crippen LogP contribution in [-0.4, -0.2) is 48.3 Å². The number of nitrogens with zero attached hydrogens (tertiary/aromatic N) is 2.